The predicted molar refractivity (Wildman–Crippen MR) is 139 cm³/mol. The van der Waals surface area contributed by atoms with Crippen molar-refractivity contribution in [3.05, 3.63) is 64.5 Å². The van der Waals surface area contributed by atoms with E-state index in [1.807, 2.05) is 30.3 Å². The van der Waals surface area contributed by atoms with Crippen molar-refractivity contribution in [3.8, 4) is 16.3 Å². The molecule has 2 aromatic carbocycles. The van der Waals surface area contributed by atoms with Crippen LogP contribution in [0.15, 0.2) is 42.5 Å². The van der Waals surface area contributed by atoms with Crippen LogP contribution in [-0.2, 0) is 11.3 Å². The van der Waals surface area contributed by atoms with E-state index in [0.29, 0.717) is 13.0 Å². The number of aromatic nitrogens is 1. The van der Waals surface area contributed by atoms with Gasteiger partial charge in [-0.15, -0.1) is 11.3 Å². The monoisotopic (exact) mass is 567 g/mol. The number of hydrogen-bond donors (Lipinski definition) is 2. The number of rotatable bonds is 10. The molecule has 0 saturated carbocycles. The zero-order chi connectivity index (χ0) is 28.2. The van der Waals surface area contributed by atoms with Gasteiger partial charge in [0, 0.05) is 31.3 Å². The van der Waals surface area contributed by atoms with Crippen LogP contribution in [0.5, 0.6) is 5.75 Å². The first-order valence-corrected chi connectivity index (χ1v) is 13.2. The molecule has 0 amide bonds. The summed E-state index contributed by atoms with van der Waals surface area (Å²) in [4.78, 5) is 18.9. The number of hydrogen-bond acceptors (Lipinski definition) is 8. The molecule has 1 aliphatic rings. The van der Waals surface area contributed by atoms with E-state index in [9.17, 15) is 27.5 Å². The number of piperidine rings is 1. The highest BCUT2D eigenvalue weighted by molar-refractivity contribution is 7.17. The van der Waals surface area contributed by atoms with E-state index in [-0.39, 0.29) is 53.1 Å². The van der Waals surface area contributed by atoms with Crippen LogP contribution in [0, 0.1) is 11.6 Å². The lowest BCUT2D eigenvalue weighted by Crippen LogP contribution is -2.65. The third-order valence-electron chi connectivity index (χ3n) is 6.66. The molecule has 0 radical (unpaired) electrons. The third-order valence-corrected chi connectivity index (χ3v) is 7.72. The van der Waals surface area contributed by atoms with Crippen LogP contribution in [-0.4, -0.2) is 60.9 Å². The molecule has 0 spiro atoms. The summed E-state index contributed by atoms with van der Waals surface area (Å²) in [5.74, 6) is -2.55. The molecular weight excluding hydrogens is 538 g/mol. The molecule has 7 nitrogen and oxygen atoms in total. The van der Waals surface area contributed by atoms with Crippen molar-refractivity contribution < 1.29 is 36.9 Å². The van der Waals surface area contributed by atoms with E-state index in [0.717, 1.165) is 29.0 Å². The van der Waals surface area contributed by atoms with Gasteiger partial charge in [-0.2, -0.15) is 0 Å². The summed E-state index contributed by atoms with van der Waals surface area (Å²) in [7, 11) is 1.21. The Kier molecular flexibility index (Phi) is 9.08. The van der Waals surface area contributed by atoms with Gasteiger partial charge in [-0.1, -0.05) is 30.3 Å². The van der Waals surface area contributed by atoms with Gasteiger partial charge in [-0.25, -0.2) is 27.3 Å². The number of benzene rings is 2. The minimum atomic E-state index is -3.03. The predicted octanol–water partition coefficient (Wildman–Crippen LogP) is 5.03. The number of nitrogens with zero attached hydrogens (tertiary/aromatic N) is 2. The van der Waals surface area contributed by atoms with Gasteiger partial charge in [-0.05, 0) is 31.4 Å². The molecular formula is C27H29F4N3O4S. The van der Waals surface area contributed by atoms with Gasteiger partial charge in [0.1, 0.15) is 16.9 Å². The first-order valence-electron chi connectivity index (χ1n) is 12.4. The minimum Gasteiger partial charge on any atom is -0.494 e. The number of aliphatic hydroxyl groups is 1. The number of ether oxygens (including phenoxy) is 2. The second kappa shape index (κ2) is 12.3. The molecule has 2 N–H and O–H groups in total. The highest BCUT2D eigenvalue weighted by Crippen LogP contribution is 2.39. The molecule has 0 bridgehead atoms. The van der Waals surface area contributed by atoms with Crippen molar-refractivity contribution in [1.82, 2.24) is 10.3 Å². The maximum atomic E-state index is 14.9. The number of carbonyl (C=O) groups is 1. The fourth-order valence-electron chi connectivity index (χ4n) is 4.69. The number of esters is 1. The average Bonchev–Trinajstić information content (AvgIpc) is 3.39. The minimum absolute atomic E-state index is 0.00920. The smallest absolute Gasteiger partial charge is 0.352 e. The lowest BCUT2D eigenvalue weighted by molar-refractivity contribution is -0.0658. The Morgan fingerprint density at radius 2 is 1.97 bits per heavy atom. The van der Waals surface area contributed by atoms with Gasteiger partial charge < -0.3 is 24.8 Å². The summed E-state index contributed by atoms with van der Waals surface area (Å²) >= 11 is 0.810. The number of thiazole rings is 1. The van der Waals surface area contributed by atoms with E-state index in [1.54, 1.807) is 11.8 Å². The zero-order valence-electron chi connectivity index (χ0n) is 21.4. The lowest BCUT2D eigenvalue weighted by Gasteiger charge is -2.46. The van der Waals surface area contributed by atoms with Gasteiger partial charge in [0.05, 0.1) is 19.3 Å². The highest BCUT2D eigenvalue weighted by atomic mass is 32.1. The van der Waals surface area contributed by atoms with Gasteiger partial charge in [0.2, 0.25) is 0 Å². The molecule has 2 heterocycles. The summed E-state index contributed by atoms with van der Waals surface area (Å²) in [6.45, 7) is 2.13. The van der Waals surface area contributed by atoms with Crippen molar-refractivity contribution in [2.24, 2.45) is 0 Å². The van der Waals surface area contributed by atoms with Gasteiger partial charge in [-0.3, -0.25) is 0 Å². The quantitative estimate of drug-likeness (QED) is 0.263. The molecule has 0 aliphatic carbocycles. The number of aliphatic hydroxyl groups excluding tert-OH is 1. The van der Waals surface area contributed by atoms with Crippen molar-refractivity contribution in [3.63, 3.8) is 0 Å². The Hall–Kier alpha value is -3.22. The molecule has 210 valence electrons. The Morgan fingerprint density at radius 1 is 1.23 bits per heavy atom. The Morgan fingerprint density at radius 3 is 2.64 bits per heavy atom. The Bertz CT molecular complexity index is 1290. The largest absolute Gasteiger partial charge is 0.494 e. The van der Waals surface area contributed by atoms with Gasteiger partial charge >= 0.3 is 5.97 Å². The number of methoxy groups -OCH3 is 1. The maximum absolute atomic E-state index is 14.9. The van der Waals surface area contributed by atoms with Crippen LogP contribution in [0.3, 0.4) is 0 Å². The second-order valence-electron chi connectivity index (χ2n) is 9.16. The summed E-state index contributed by atoms with van der Waals surface area (Å²) in [6.07, 6.45) is -4.40. The van der Waals surface area contributed by atoms with Crippen molar-refractivity contribution in [1.29, 1.82) is 0 Å². The van der Waals surface area contributed by atoms with Crippen molar-refractivity contribution in [2.45, 2.75) is 44.4 Å². The molecule has 3 aromatic rings. The van der Waals surface area contributed by atoms with Crippen LogP contribution in [0.4, 0.5) is 23.4 Å². The molecule has 4 rings (SSSR count). The molecule has 2 atom stereocenters. The molecule has 1 aromatic heterocycles. The standard InChI is InChI=1S/C27H29F4N3O4S/c1-3-38-26(36)21-24(33-25(39-21)17-12-19(29)20(37-2)13-18(17)28)34-11-7-10-27(15-34,22(35)23(30)31)32-14-16-8-5-4-6-9-16/h4-6,8-9,12-13,22-23,32,35H,3,7,10-11,14-15H2,1-2H3/t22-,27-/m1/s1. The van der Waals surface area contributed by atoms with Crippen LogP contribution in [0.25, 0.3) is 10.6 Å². The number of anilines is 1. The Balaban J connectivity index is 1.73. The summed E-state index contributed by atoms with van der Waals surface area (Å²) in [5, 5.41) is 13.8. The Labute approximate surface area is 227 Å². The SMILES string of the molecule is CCOC(=O)c1sc(-c2cc(F)c(OC)cc2F)nc1N1CCC[C@](NCc2ccccc2)([C@H](O)C(F)F)C1. The number of nitrogens with one attached hydrogen (secondary N) is 1. The number of alkyl halides is 2. The van der Waals surface area contributed by atoms with E-state index >= 15 is 0 Å². The topological polar surface area (TPSA) is 83.9 Å². The van der Waals surface area contributed by atoms with Crippen LogP contribution in [0.1, 0.15) is 35.0 Å². The first kappa shape index (κ1) is 28.8. The fourth-order valence-corrected chi connectivity index (χ4v) is 5.69. The maximum Gasteiger partial charge on any atom is 0.352 e. The van der Waals surface area contributed by atoms with Crippen LogP contribution >= 0.6 is 11.3 Å². The number of carbonyl (C=O) groups excluding carboxylic acids is 1. The number of halogens is 4. The molecule has 1 aliphatic heterocycles. The van der Waals surface area contributed by atoms with Gasteiger partial charge in [0.25, 0.3) is 6.43 Å². The van der Waals surface area contributed by atoms with Gasteiger partial charge in [0.15, 0.2) is 22.3 Å². The lowest BCUT2D eigenvalue weighted by atomic mass is 9.83. The zero-order valence-corrected chi connectivity index (χ0v) is 22.2. The second-order valence-corrected chi connectivity index (χ2v) is 10.2. The van der Waals surface area contributed by atoms with E-state index in [4.69, 9.17) is 9.47 Å². The molecule has 0 unspecified atom stereocenters. The van der Waals surface area contributed by atoms with Crippen molar-refractivity contribution >= 4 is 23.1 Å². The summed E-state index contributed by atoms with van der Waals surface area (Å²) in [5.41, 5.74) is -0.779. The van der Waals surface area contributed by atoms with Crippen molar-refractivity contribution in [2.75, 3.05) is 31.7 Å². The molecule has 1 saturated heterocycles. The highest BCUT2D eigenvalue weighted by Gasteiger charge is 2.46. The van der Waals surface area contributed by atoms with E-state index in [2.05, 4.69) is 10.3 Å². The molecule has 12 heteroatoms. The molecule has 1 fully saturated rings. The van der Waals surface area contributed by atoms with Crippen LogP contribution in [0.2, 0.25) is 0 Å². The van der Waals surface area contributed by atoms with Crippen LogP contribution < -0.4 is 15.0 Å². The summed E-state index contributed by atoms with van der Waals surface area (Å²) < 4.78 is 67.1. The first-order chi connectivity index (χ1) is 18.7. The van der Waals surface area contributed by atoms with E-state index < -0.39 is 35.7 Å². The average molecular weight is 568 g/mol. The molecule has 39 heavy (non-hydrogen) atoms. The normalized spacial score (nSPS) is 18.3. The van der Waals surface area contributed by atoms with E-state index in [1.165, 1.54) is 7.11 Å². The summed E-state index contributed by atoms with van der Waals surface area (Å²) in [6, 6.07) is 11.0. The third kappa shape index (κ3) is 6.18. The fraction of sp³-hybridized carbons (Fsp3) is 0.407.